The van der Waals surface area contributed by atoms with Gasteiger partial charge in [0, 0.05) is 10.9 Å². The summed E-state index contributed by atoms with van der Waals surface area (Å²) in [5, 5.41) is 11.7. The summed E-state index contributed by atoms with van der Waals surface area (Å²) in [5.41, 5.74) is -0.00566. The zero-order valence-electron chi connectivity index (χ0n) is 8.48. The van der Waals surface area contributed by atoms with Crippen LogP contribution in [0.25, 0.3) is 0 Å². The summed E-state index contributed by atoms with van der Waals surface area (Å²) in [7, 11) is 0. The average Bonchev–Trinajstić information content (AvgIpc) is 2.19. The number of aliphatic hydroxyl groups is 1. The molecule has 0 heterocycles. The maximum absolute atomic E-state index is 13.3. The second-order valence-electron chi connectivity index (χ2n) is 3.96. The summed E-state index contributed by atoms with van der Waals surface area (Å²) in [4.78, 5) is 12.2. The van der Waals surface area contributed by atoms with Crippen molar-refractivity contribution < 1.29 is 14.3 Å². The fraction of sp³-hybridized carbons (Fsp3) is 0.364. The first kappa shape index (κ1) is 11.4. The molecule has 0 atom stereocenters. The molecule has 1 saturated carbocycles. The molecule has 0 saturated heterocycles. The molecule has 1 aliphatic carbocycles. The molecule has 2 N–H and O–H groups in total. The Morgan fingerprint density at radius 1 is 1.50 bits per heavy atom. The van der Waals surface area contributed by atoms with Crippen LogP contribution in [0.3, 0.4) is 0 Å². The van der Waals surface area contributed by atoms with Crippen LogP contribution < -0.4 is 5.32 Å². The van der Waals surface area contributed by atoms with Gasteiger partial charge in [-0.05, 0) is 31.0 Å². The van der Waals surface area contributed by atoms with Crippen molar-refractivity contribution in [3.05, 3.63) is 29.6 Å². The molecule has 0 aromatic heterocycles. The number of amides is 1. The zero-order chi connectivity index (χ0) is 11.7. The SMILES string of the molecule is O=C(NC1CC(O)C1)c1cc(S)ccc1F. The number of carbonyl (C=O) groups is 1. The van der Waals surface area contributed by atoms with Crippen molar-refractivity contribution >= 4 is 18.5 Å². The van der Waals surface area contributed by atoms with Crippen LogP contribution in [-0.4, -0.2) is 23.2 Å². The van der Waals surface area contributed by atoms with E-state index in [-0.39, 0.29) is 17.7 Å². The number of thiol groups is 1. The van der Waals surface area contributed by atoms with Crippen LogP contribution in [0.15, 0.2) is 23.1 Å². The van der Waals surface area contributed by atoms with E-state index in [2.05, 4.69) is 17.9 Å². The Kier molecular flexibility index (Phi) is 3.16. The average molecular weight is 241 g/mol. The van der Waals surface area contributed by atoms with Crippen molar-refractivity contribution in [2.75, 3.05) is 0 Å². The van der Waals surface area contributed by atoms with Crippen LogP contribution in [0.4, 0.5) is 4.39 Å². The summed E-state index contributed by atoms with van der Waals surface area (Å²) in [6.45, 7) is 0. The number of hydrogen-bond donors (Lipinski definition) is 3. The van der Waals surface area contributed by atoms with Crippen LogP contribution in [0, 0.1) is 5.82 Å². The fourth-order valence-electron chi connectivity index (χ4n) is 1.66. The maximum Gasteiger partial charge on any atom is 0.254 e. The first-order chi connectivity index (χ1) is 7.56. The molecule has 1 aromatic carbocycles. The number of halogens is 1. The highest BCUT2D eigenvalue weighted by atomic mass is 32.1. The molecule has 5 heteroatoms. The lowest BCUT2D eigenvalue weighted by atomic mass is 9.89. The molecule has 0 spiro atoms. The van der Waals surface area contributed by atoms with Crippen molar-refractivity contribution in [3.8, 4) is 0 Å². The monoisotopic (exact) mass is 241 g/mol. The Morgan fingerprint density at radius 2 is 2.19 bits per heavy atom. The van der Waals surface area contributed by atoms with Crippen LogP contribution in [0.2, 0.25) is 0 Å². The lowest BCUT2D eigenvalue weighted by Crippen LogP contribution is -2.46. The van der Waals surface area contributed by atoms with E-state index in [1.54, 1.807) is 0 Å². The van der Waals surface area contributed by atoms with Crippen molar-refractivity contribution in [2.45, 2.75) is 29.9 Å². The Labute approximate surface area is 98.1 Å². The number of benzene rings is 1. The zero-order valence-corrected chi connectivity index (χ0v) is 9.38. The van der Waals surface area contributed by atoms with Crippen molar-refractivity contribution in [1.29, 1.82) is 0 Å². The quantitative estimate of drug-likeness (QED) is 0.685. The summed E-state index contributed by atoms with van der Waals surface area (Å²) < 4.78 is 13.3. The van der Waals surface area contributed by atoms with Gasteiger partial charge in [0.25, 0.3) is 5.91 Å². The Hall–Kier alpha value is -1.07. The third kappa shape index (κ3) is 2.36. The lowest BCUT2D eigenvalue weighted by molar-refractivity contribution is 0.0561. The summed E-state index contributed by atoms with van der Waals surface area (Å²) in [6, 6.07) is 4.04. The summed E-state index contributed by atoms with van der Waals surface area (Å²) >= 11 is 4.05. The van der Waals surface area contributed by atoms with Crippen LogP contribution in [-0.2, 0) is 0 Å². The van der Waals surface area contributed by atoms with E-state index >= 15 is 0 Å². The molecule has 1 fully saturated rings. The standard InChI is InChI=1S/C11H12FNO2S/c12-10-2-1-8(16)5-9(10)11(15)13-6-3-7(14)4-6/h1-2,5-7,14,16H,3-4H2,(H,13,15). The first-order valence-corrected chi connectivity index (χ1v) is 5.48. The number of hydrogen-bond acceptors (Lipinski definition) is 3. The molecule has 3 nitrogen and oxygen atoms in total. The van der Waals surface area contributed by atoms with Gasteiger partial charge < -0.3 is 10.4 Å². The van der Waals surface area contributed by atoms with Crippen molar-refractivity contribution in [1.82, 2.24) is 5.32 Å². The predicted octanol–water partition coefficient (Wildman–Crippen LogP) is 1.37. The molecule has 86 valence electrons. The van der Waals surface area contributed by atoms with Gasteiger partial charge in [0.2, 0.25) is 0 Å². The minimum atomic E-state index is -0.560. The van der Waals surface area contributed by atoms with Gasteiger partial charge in [-0.1, -0.05) is 0 Å². The highest BCUT2D eigenvalue weighted by molar-refractivity contribution is 7.80. The van der Waals surface area contributed by atoms with Gasteiger partial charge in [0.05, 0.1) is 11.7 Å². The maximum atomic E-state index is 13.3. The molecule has 1 amide bonds. The first-order valence-electron chi connectivity index (χ1n) is 5.03. The molecule has 1 aromatic rings. The normalized spacial score (nSPS) is 23.7. The van der Waals surface area contributed by atoms with E-state index in [4.69, 9.17) is 5.11 Å². The van der Waals surface area contributed by atoms with Gasteiger partial charge in [0.1, 0.15) is 5.82 Å². The third-order valence-corrected chi connectivity index (χ3v) is 2.92. The van der Waals surface area contributed by atoms with Gasteiger partial charge in [0.15, 0.2) is 0 Å². The van der Waals surface area contributed by atoms with Gasteiger partial charge in [-0.15, -0.1) is 12.6 Å². The fourth-order valence-corrected chi connectivity index (χ4v) is 1.86. The second kappa shape index (κ2) is 4.43. The number of rotatable bonds is 2. The Balaban J connectivity index is 2.05. The molecule has 0 aliphatic heterocycles. The van der Waals surface area contributed by atoms with Crippen molar-refractivity contribution in [3.63, 3.8) is 0 Å². The van der Waals surface area contributed by atoms with Gasteiger partial charge >= 0.3 is 0 Å². The molecular weight excluding hydrogens is 229 g/mol. The summed E-state index contributed by atoms with van der Waals surface area (Å²) in [6.07, 6.45) is 0.730. The molecule has 1 aliphatic rings. The van der Waals surface area contributed by atoms with E-state index in [9.17, 15) is 9.18 Å². The van der Waals surface area contributed by atoms with Gasteiger partial charge in [-0.2, -0.15) is 0 Å². The highest BCUT2D eigenvalue weighted by Crippen LogP contribution is 2.20. The molecule has 0 bridgehead atoms. The van der Waals surface area contributed by atoms with E-state index in [1.165, 1.54) is 18.2 Å². The minimum absolute atomic E-state index is 0.00566. The van der Waals surface area contributed by atoms with E-state index in [0.717, 1.165) is 0 Å². The predicted molar refractivity (Wildman–Crippen MR) is 60.1 cm³/mol. The Morgan fingerprint density at radius 3 is 2.81 bits per heavy atom. The van der Waals surface area contributed by atoms with E-state index in [1.807, 2.05) is 0 Å². The number of nitrogens with one attached hydrogen (secondary N) is 1. The smallest absolute Gasteiger partial charge is 0.254 e. The number of aliphatic hydroxyl groups excluding tert-OH is 1. The Bertz CT molecular complexity index is 418. The molecule has 0 unspecified atom stereocenters. The van der Waals surface area contributed by atoms with E-state index < -0.39 is 11.7 Å². The number of carbonyl (C=O) groups excluding carboxylic acids is 1. The molecular formula is C11H12FNO2S. The summed E-state index contributed by atoms with van der Waals surface area (Å²) in [5.74, 6) is -1.01. The minimum Gasteiger partial charge on any atom is -0.393 e. The third-order valence-electron chi connectivity index (χ3n) is 2.64. The van der Waals surface area contributed by atoms with Crippen LogP contribution in [0.5, 0.6) is 0 Å². The molecule has 0 radical (unpaired) electrons. The van der Waals surface area contributed by atoms with Crippen molar-refractivity contribution in [2.24, 2.45) is 0 Å². The van der Waals surface area contributed by atoms with Gasteiger partial charge in [-0.3, -0.25) is 4.79 Å². The largest absolute Gasteiger partial charge is 0.393 e. The molecule has 16 heavy (non-hydrogen) atoms. The molecule has 2 rings (SSSR count). The highest BCUT2D eigenvalue weighted by Gasteiger charge is 2.29. The second-order valence-corrected chi connectivity index (χ2v) is 4.48. The van der Waals surface area contributed by atoms with Crippen LogP contribution in [0.1, 0.15) is 23.2 Å². The lowest BCUT2D eigenvalue weighted by Gasteiger charge is -2.31. The van der Waals surface area contributed by atoms with Crippen LogP contribution >= 0.6 is 12.6 Å². The van der Waals surface area contributed by atoms with E-state index in [0.29, 0.717) is 17.7 Å². The van der Waals surface area contributed by atoms with Gasteiger partial charge in [-0.25, -0.2) is 4.39 Å². The topological polar surface area (TPSA) is 49.3 Å².